The Bertz CT molecular complexity index is 1840. The van der Waals surface area contributed by atoms with E-state index in [0.29, 0.717) is 12.2 Å². The van der Waals surface area contributed by atoms with Crippen molar-refractivity contribution >= 4 is 39.9 Å². The van der Waals surface area contributed by atoms with Gasteiger partial charge in [-0.05, 0) is 46.7 Å². The van der Waals surface area contributed by atoms with Gasteiger partial charge in [0.25, 0.3) is 17.7 Å². The molecule has 11 heteroatoms. The molecule has 0 bridgehead atoms. The molecular formula is C32H25FN6O4. The van der Waals surface area contributed by atoms with Crippen LogP contribution in [0.15, 0.2) is 106 Å². The third-order valence-electron chi connectivity index (χ3n) is 7.99. The quantitative estimate of drug-likeness (QED) is 0.311. The van der Waals surface area contributed by atoms with Crippen LogP contribution < -0.4 is 9.64 Å². The minimum Gasteiger partial charge on any atom is -0.497 e. The molecule has 3 aliphatic heterocycles. The van der Waals surface area contributed by atoms with Crippen LogP contribution in [0.4, 0.5) is 10.1 Å². The maximum absolute atomic E-state index is 13.9. The molecule has 3 atom stereocenters. The molecule has 0 aromatic heterocycles. The molecule has 3 aliphatic rings. The van der Waals surface area contributed by atoms with Crippen LogP contribution in [0.3, 0.4) is 0 Å². The summed E-state index contributed by atoms with van der Waals surface area (Å²) >= 11 is 0. The monoisotopic (exact) mass is 576 g/mol. The number of benzene rings is 4. The molecule has 0 spiro atoms. The third-order valence-corrected chi connectivity index (χ3v) is 7.99. The largest absolute Gasteiger partial charge is 0.497 e. The van der Waals surface area contributed by atoms with Crippen LogP contribution in [0.25, 0.3) is 10.8 Å². The number of imide groups is 1. The average molecular weight is 577 g/mol. The number of hydrogen-bond donors (Lipinski definition) is 0. The zero-order valence-electron chi connectivity index (χ0n) is 23.0. The van der Waals surface area contributed by atoms with E-state index in [4.69, 9.17) is 9.84 Å². The Morgan fingerprint density at radius 2 is 1.72 bits per heavy atom. The first kappa shape index (κ1) is 26.4. The Balaban J connectivity index is 1.19. The Kier molecular flexibility index (Phi) is 6.42. The van der Waals surface area contributed by atoms with E-state index in [9.17, 15) is 18.8 Å². The summed E-state index contributed by atoms with van der Waals surface area (Å²) < 4.78 is 19.2. The fourth-order valence-electron chi connectivity index (χ4n) is 5.90. The van der Waals surface area contributed by atoms with Crippen LogP contribution in [0, 0.1) is 5.82 Å². The lowest BCUT2D eigenvalue weighted by Gasteiger charge is -2.25. The summed E-state index contributed by atoms with van der Waals surface area (Å²) in [5, 5.41) is 17.6. The van der Waals surface area contributed by atoms with Gasteiger partial charge in [-0.2, -0.15) is 10.2 Å². The van der Waals surface area contributed by atoms with Crippen molar-refractivity contribution in [2.45, 2.75) is 24.5 Å². The van der Waals surface area contributed by atoms with E-state index in [0.717, 1.165) is 38.6 Å². The van der Waals surface area contributed by atoms with Crippen LogP contribution in [-0.4, -0.2) is 59.2 Å². The van der Waals surface area contributed by atoms with Crippen molar-refractivity contribution in [2.75, 3.05) is 18.6 Å². The Morgan fingerprint density at radius 3 is 2.51 bits per heavy atom. The molecule has 0 saturated carbocycles. The molecule has 0 N–H and O–H groups in total. The van der Waals surface area contributed by atoms with E-state index in [1.807, 2.05) is 66.7 Å². The van der Waals surface area contributed by atoms with E-state index >= 15 is 0 Å². The van der Waals surface area contributed by atoms with Gasteiger partial charge < -0.3 is 4.74 Å². The van der Waals surface area contributed by atoms with Gasteiger partial charge in [-0.25, -0.2) is 14.3 Å². The van der Waals surface area contributed by atoms with Crippen LogP contribution in [-0.2, 0) is 14.4 Å². The standard InChI is InChI=1S/C32H25FN6O4/c1-43-23-14-12-20(13-15-23)27-17-26(25-11-4-7-19-6-2-3-10-24(19)25)35-39(27)28(40)18-37-30-29(34-36-37)31(41)38(32(30)42)22-9-5-8-21(33)16-22/h2-16,27,29-30H,17-18H2,1H3/t27-,29-,30-/m0/s1. The van der Waals surface area contributed by atoms with Gasteiger partial charge in [0.1, 0.15) is 18.1 Å². The number of anilines is 1. The maximum Gasteiger partial charge on any atom is 0.264 e. The molecule has 0 unspecified atom stereocenters. The molecule has 43 heavy (non-hydrogen) atoms. The molecule has 0 aliphatic carbocycles. The van der Waals surface area contributed by atoms with E-state index in [-0.39, 0.29) is 12.2 Å². The van der Waals surface area contributed by atoms with Gasteiger partial charge in [0.05, 0.1) is 24.6 Å². The van der Waals surface area contributed by atoms with Crippen molar-refractivity contribution in [1.29, 1.82) is 0 Å². The highest BCUT2D eigenvalue weighted by Gasteiger charge is 2.55. The van der Waals surface area contributed by atoms with Crippen LogP contribution in [0.1, 0.15) is 23.6 Å². The number of ether oxygens (including phenoxy) is 1. The Hall–Kier alpha value is -5.45. The summed E-state index contributed by atoms with van der Waals surface area (Å²) in [6.45, 7) is -0.334. The normalized spacial score (nSPS) is 21.1. The van der Waals surface area contributed by atoms with Crippen LogP contribution >= 0.6 is 0 Å². The summed E-state index contributed by atoms with van der Waals surface area (Å²) in [5.41, 5.74) is 2.64. The number of halogens is 1. The average Bonchev–Trinajstić information content (AvgIpc) is 3.72. The minimum atomic E-state index is -1.12. The summed E-state index contributed by atoms with van der Waals surface area (Å²) in [7, 11) is 1.59. The lowest BCUT2D eigenvalue weighted by Crippen LogP contribution is -2.44. The zero-order chi connectivity index (χ0) is 29.7. The first-order valence-electron chi connectivity index (χ1n) is 13.8. The zero-order valence-corrected chi connectivity index (χ0v) is 23.0. The van der Waals surface area contributed by atoms with Gasteiger partial charge >= 0.3 is 0 Å². The fraction of sp³-hybridized carbons (Fsp3) is 0.188. The van der Waals surface area contributed by atoms with Gasteiger partial charge in [-0.15, -0.1) is 0 Å². The highest BCUT2D eigenvalue weighted by Crippen LogP contribution is 2.37. The lowest BCUT2D eigenvalue weighted by atomic mass is 9.95. The third kappa shape index (κ3) is 4.49. The Labute approximate surface area is 245 Å². The van der Waals surface area contributed by atoms with Gasteiger partial charge in [0.15, 0.2) is 12.1 Å². The van der Waals surface area contributed by atoms with Crippen molar-refractivity contribution in [3.8, 4) is 5.75 Å². The van der Waals surface area contributed by atoms with Crippen molar-refractivity contribution in [3.05, 3.63) is 108 Å². The van der Waals surface area contributed by atoms with Crippen LogP contribution in [0.5, 0.6) is 5.75 Å². The van der Waals surface area contributed by atoms with Gasteiger partial charge in [-0.3, -0.25) is 19.4 Å². The highest BCUT2D eigenvalue weighted by molar-refractivity contribution is 6.25. The van der Waals surface area contributed by atoms with Crippen molar-refractivity contribution in [1.82, 2.24) is 10.0 Å². The van der Waals surface area contributed by atoms with E-state index in [1.54, 1.807) is 7.11 Å². The summed E-state index contributed by atoms with van der Waals surface area (Å²) in [6.07, 6.45) is 0.463. The number of hydrogen-bond acceptors (Lipinski definition) is 8. The number of carbonyl (C=O) groups excluding carboxylic acids is 3. The maximum atomic E-state index is 13.9. The van der Waals surface area contributed by atoms with Crippen LogP contribution in [0.2, 0.25) is 0 Å². The van der Waals surface area contributed by atoms with Crippen molar-refractivity contribution < 1.29 is 23.5 Å². The lowest BCUT2D eigenvalue weighted by molar-refractivity contribution is -0.135. The SMILES string of the molecule is COc1ccc([C@@H]2CC(c3cccc4ccccc34)=NN2C(=O)CN2N=N[C@@H]3C(=O)N(c4cccc(F)c4)C(=O)[C@H]32)cc1. The Morgan fingerprint density at radius 1 is 0.953 bits per heavy atom. The number of rotatable bonds is 6. The fourth-order valence-corrected chi connectivity index (χ4v) is 5.90. The van der Waals surface area contributed by atoms with Crippen molar-refractivity contribution in [2.24, 2.45) is 15.4 Å². The number of nitrogens with zero attached hydrogens (tertiary/aromatic N) is 6. The molecule has 4 aromatic carbocycles. The second-order valence-corrected chi connectivity index (χ2v) is 10.5. The molecule has 0 radical (unpaired) electrons. The van der Waals surface area contributed by atoms with Gasteiger partial charge in [0, 0.05) is 12.0 Å². The molecular weight excluding hydrogens is 551 g/mol. The summed E-state index contributed by atoms with van der Waals surface area (Å²) in [6, 6.07) is 24.0. The molecule has 4 aromatic rings. The van der Waals surface area contributed by atoms with E-state index in [1.165, 1.54) is 28.2 Å². The molecule has 1 fully saturated rings. The number of fused-ring (bicyclic) bond motifs is 2. The molecule has 10 nitrogen and oxygen atoms in total. The first-order valence-corrected chi connectivity index (χ1v) is 13.8. The predicted octanol–water partition coefficient (Wildman–Crippen LogP) is 4.66. The summed E-state index contributed by atoms with van der Waals surface area (Å²) in [5.74, 6) is -1.55. The number of methoxy groups -OCH3 is 1. The minimum absolute atomic E-state index is 0.106. The van der Waals surface area contributed by atoms with E-state index in [2.05, 4.69) is 10.3 Å². The van der Waals surface area contributed by atoms with Gasteiger partial charge in [0.2, 0.25) is 0 Å². The first-order chi connectivity index (χ1) is 20.9. The smallest absolute Gasteiger partial charge is 0.264 e. The molecule has 7 rings (SSSR count). The molecule has 214 valence electrons. The number of amides is 3. The molecule has 1 saturated heterocycles. The number of hydrazone groups is 1. The van der Waals surface area contributed by atoms with Gasteiger partial charge in [-0.1, -0.05) is 65.9 Å². The second kappa shape index (κ2) is 10.4. The van der Waals surface area contributed by atoms with Crippen molar-refractivity contribution in [3.63, 3.8) is 0 Å². The topological polar surface area (TPSA) is 107 Å². The molecule has 3 amide bonds. The molecule has 3 heterocycles. The number of carbonyl (C=O) groups is 3. The predicted molar refractivity (Wildman–Crippen MR) is 156 cm³/mol. The van der Waals surface area contributed by atoms with E-state index < -0.39 is 41.7 Å². The summed E-state index contributed by atoms with van der Waals surface area (Å²) in [4.78, 5) is 41.3. The highest BCUT2D eigenvalue weighted by atomic mass is 19.1. The second-order valence-electron chi connectivity index (χ2n) is 10.5.